The number of ether oxygens (including phenoxy) is 1. The van der Waals surface area contributed by atoms with E-state index in [9.17, 15) is 0 Å². The number of nitrogens with zero attached hydrogens (tertiary/aromatic N) is 5. The van der Waals surface area contributed by atoms with Crippen LogP contribution in [-0.2, 0) is 13.5 Å². The van der Waals surface area contributed by atoms with Gasteiger partial charge >= 0.3 is 0 Å². The van der Waals surface area contributed by atoms with E-state index < -0.39 is 0 Å². The molecule has 2 heterocycles. The van der Waals surface area contributed by atoms with Gasteiger partial charge in [-0.3, -0.25) is 4.68 Å². The second-order valence-corrected chi connectivity index (χ2v) is 7.17. The normalized spacial score (nSPS) is 15.9. The molecular formula is C22H19N5O. The number of nitriles is 1. The van der Waals surface area contributed by atoms with Crippen LogP contribution in [0.4, 0.5) is 0 Å². The molecule has 2 aromatic heterocycles. The minimum atomic E-state index is 0.00343. The van der Waals surface area contributed by atoms with Gasteiger partial charge in [0, 0.05) is 18.5 Å². The molecule has 0 fully saturated rings. The van der Waals surface area contributed by atoms with Gasteiger partial charge in [0.2, 0.25) is 0 Å². The summed E-state index contributed by atoms with van der Waals surface area (Å²) in [6.45, 7) is 0. The summed E-state index contributed by atoms with van der Waals surface area (Å²) in [5, 5.41) is 18.9. The molecule has 6 heteroatoms. The Morgan fingerprint density at radius 3 is 2.89 bits per heavy atom. The summed E-state index contributed by atoms with van der Waals surface area (Å²) in [5.41, 5.74) is 5.02. The molecule has 28 heavy (non-hydrogen) atoms. The summed E-state index contributed by atoms with van der Waals surface area (Å²) >= 11 is 0. The van der Waals surface area contributed by atoms with E-state index in [1.807, 2.05) is 60.5 Å². The molecule has 1 aliphatic rings. The number of hydrogen-bond acceptors (Lipinski definition) is 4. The molecule has 1 atom stereocenters. The first-order valence-electron chi connectivity index (χ1n) is 9.38. The predicted octanol–water partition coefficient (Wildman–Crippen LogP) is 4.09. The van der Waals surface area contributed by atoms with Crippen molar-refractivity contribution in [1.29, 1.82) is 5.26 Å². The molecule has 1 aliphatic carbocycles. The van der Waals surface area contributed by atoms with Crippen LogP contribution in [0.15, 0.2) is 55.0 Å². The van der Waals surface area contributed by atoms with Crippen LogP contribution in [0.5, 0.6) is 5.75 Å². The number of aromatic nitrogens is 4. The molecule has 0 saturated heterocycles. The average Bonchev–Trinajstić information content (AvgIpc) is 3.33. The summed E-state index contributed by atoms with van der Waals surface area (Å²) in [6, 6.07) is 14.2. The smallest absolute Gasteiger partial charge is 0.124 e. The largest absolute Gasteiger partial charge is 0.486 e. The minimum absolute atomic E-state index is 0.00343. The van der Waals surface area contributed by atoms with Gasteiger partial charge in [-0.1, -0.05) is 6.07 Å². The van der Waals surface area contributed by atoms with E-state index >= 15 is 0 Å². The fourth-order valence-electron chi connectivity index (χ4n) is 3.92. The zero-order chi connectivity index (χ0) is 19.1. The van der Waals surface area contributed by atoms with E-state index in [1.54, 1.807) is 10.9 Å². The molecule has 4 aromatic rings. The van der Waals surface area contributed by atoms with Crippen molar-refractivity contribution in [2.75, 3.05) is 0 Å². The van der Waals surface area contributed by atoms with Crippen molar-refractivity contribution in [3.63, 3.8) is 0 Å². The van der Waals surface area contributed by atoms with Crippen LogP contribution >= 0.6 is 0 Å². The lowest BCUT2D eigenvalue weighted by atomic mass is 9.88. The Labute approximate surface area is 162 Å². The maximum atomic E-state index is 9.15. The molecule has 0 amide bonds. The molecule has 0 bridgehead atoms. The van der Waals surface area contributed by atoms with Crippen molar-refractivity contribution in [2.45, 2.75) is 25.4 Å². The van der Waals surface area contributed by atoms with Crippen molar-refractivity contribution in [1.82, 2.24) is 19.6 Å². The molecule has 0 saturated carbocycles. The summed E-state index contributed by atoms with van der Waals surface area (Å²) < 4.78 is 10.0. The van der Waals surface area contributed by atoms with Gasteiger partial charge in [-0.25, -0.2) is 4.68 Å². The highest BCUT2D eigenvalue weighted by Gasteiger charge is 2.22. The van der Waals surface area contributed by atoms with Crippen LogP contribution in [0.25, 0.3) is 16.6 Å². The second kappa shape index (κ2) is 6.54. The number of aryl methyl sites for hydroxylation is 2. The average molecular weight is 369 g/mol. The van der Waals surface area contributed by atoms with Crippen molar-refractivity contribution in [2.24, 2.45) is 7.05 Å². The number of hydrogen-bond donors (Lipinski definition) is 0. The predicted molar refractivity (Wildman–Crippen MR) is 105 cm³/mol. The van der Waals surface area contributed by atoms with Crippen molar-refractivity contribution >= 4 is 10.9 Å². The number of benzene rings is 2. The maximum Gasteiger partial charge on any atom is 0.124 e. The Morgan fingerprint density at radius 1 is 1.14 bits per heavy atom. The van der Waals surface area contributed by atoms with Crippen molar-refractivity contribution in [3.8, 4) is 17.5 Å². The topological polar surface area (TPSA) is 68.7 Å². The Bertz CT molecular complexity index is 1210. The van der Waals surface area contributed by atoms with E-state index in [2.05, 4.69) is 16.3 Å². The molecule has 0 aliphatic heterocycles. The lowest BCUT2D eigenvalue weighted by Gasteiger charge is -2.26. The molecule has 0 radical (unpaired) electrons. The third-order valence-corrected chi connectivity index (χ3v) is 5.29. The van der Waals surface area contributed by atoms with E-state index in [-0.39, 0.29) is 6.10 Å². The third kappa shape index (κ3) is 2.81. The summed E-state index contributed by atoms with van der Waals surface area (Å²) in [7, 11) is 1.89. The Kier molecular flexibility index (Phi) is 3.87. The fraction of sp³-hybridized carbons (Fsp3) is 0.227. The van der Waals surface area contributed by atoms with Crippen molar-refractivity contribution in [3.05, 3.63) is 71.7 Å². The van der Waals surface area contributed by atoms with Gasteiger partial charge in [-0.2, -0.15) is 15.5 Å². The molecule has 6 nitrogen and oxygen atoms in total. The van der Waals surface area contributed by atoms with E-state index in [0.29, 0.717) is 5.56 Å². The van der Waals surface area contributed by atoms with Gasteiger partial charge in [0.1, 0.15) is 17.5 Å². The van der Waals surface area contributed by atoms with Gasteiger partial charge in [-0.05, 0) is 54.7 Å². The highest BCUT2D eigenvalue weighted by atomic mass is 16.5. The first-order chi connectivity index (χ1) is 13.7. The van der Waals surface area contributed by atoms with Gasteiger partial charge in [-0.15, -0.1) is 0 Å². The molecule has 5 rings (SSSR count). The van der Waals surface area contributed by atoms with Crippen LogP contribution < -0.4 is 4.74 Å². The first-order valence-corrected chi connectivity index (χ1v) is 9.38. The van der Waals surface area contributed by atoms with Gasteiger partial charge in [0.05, 0.1) is 35.7 Å². The fourth-order valence-corrected chi connectivity index (χ4v) is 3.92. The standard InChI is InChI=1S/C22H19N5O/c1-26-14-18(13-24-26)27-21-10-19(7-6-17(21)12-25-27)28-22-4-2-3-16-9-15(11-23)5-8-20(16)22/h5-10,12-14,22H,2-4H2,1H3/t22-/m0/s1. The quantitative estimate of drug-likeness (QED) is 0.545. The van der Waals surface area contributed by atoms with E-state index in [0.717, 1.165) is 41.6 Å². The summed E-state index contributed by atoms with van der Waals surface area (Å²) in [4.78, 5) is 0. The van der Waals surface area contributed by atoms with Crippen LogP contribution in [0.3, 0.4) is 0 Å². The lowest BCUT2D eigenvalue weighted by molar-refractivity contribution is 0.183. The molecule has 0 unspecified atom stereocenters. The number of rotatable bonds is 3. The third-order valence-electron chi connectivity index (χ3n) is 5.29. The van der Waals surface area contributed by atoms with Gasteiger partial charge in [0.15, 0.2) is 0 Å². The Balaban J connectivity index is 1.49. The van der Waals surface area contributed by atoms with Crippen LogP contribution in [-0.4, -0.2) is 19.6 Å². The second-order valence-electron chi connectivity index (χ2n) is 7.17. The molecule has 2 aromatic carbocycles. The first kappa shape index (κ1) is 16.6. The zero-order valence-electron chi connectivity index (χ0n) is 15.5. The van der Waals surface area contributed by atoms with Gasteiger partial charge < -0.3 is 4.74 Å². The maximum absolute atomic E-state index is 9.15. The lowest BCUT2D eigenvalue weighted by Crippen LogP contribution is -2.15. The monoisotopic (exact) mass is 369 g/mol. The van der Waals surface area contributed by atoms with Gasteiger partial charge in [0.25, 0.3) is 0 Å². The minimum Gasteiger partial charge on any atom is -0.486 e. The highest BCUT2D eigenvalue weighted by molar-refractivity contribution is 5.81. The Hall–Kier alpha value is -3.59. The SMILES string of the molecule is Cn1cc(-n2ncc3ccc(O[C@H]4CCCc5cc(C#N)ccc54)cc32)cn1. The van der Waals surface area contributed by atoms with Crippen LogP contribution in [0.1, 0.15) is 35.6 Å². The summed E-state index contributed by atoms with van der Waals surface area (Å²) in [5.74, 6) is 0.820. The highest BCUT2D eigenvalue weighted by Crippen LogP contribution is 2.35. The van der Waals surface area contributed by atoms with E-state index in [4.69, 9.17) is 10.00 Å². The van der Waals surface area contributed by atoms with E-state index in [1.165, 1.54) is 11.1 Å². The Morgan fingerprint density at radius 2 is 2.07 bits per heavy atom. The molecule has 0 N–H and O–H groups in total. The van der Waals surface area contributed by atoms with Crippen LogP contribution in [0, 0.1) is 11.3 Å². The number of fused-ring (bicyclic) bond motifs is 2. The van der Waals surface area contributed by atoms with Crippen molar-refractivity contribution < 1.29 is 4.74 Å². The molecule has 0 spiro atoms. The van der Waals surface area contributed by atoms with Crippen LogP contribution in [0.2, 0.25) is 0 Å². The molecule has 138 valence electrons. The molecular weight excluding hydrogens is 350 g/mol. The summed E-state index contributed by atoms with van der Waals surface area (Å²) in [6.07, 6.45) is 8.61. The zero-order valence-corrected chi connectivity index (χ0v) is 15.5.